The standard InChI is InChI=1S/C15H17N3O3/c1-11-10-21-7-6-17(11)14(19)9-18-15(20)13-5-3-2-4-12(13)8-16-18/h2-5,8,11H,6-7,9-10H2,1H3/t11-/m1/s1. The minimum Gasteiger partial charge on any atom is -0.377 e. The molecule has 0 unspecified atom stereocenters. The van der Waals surface area contributed by atoms with Crippen molar-refractivity contribution >= 4 is 16.7 Å². The van der Waals surface area contributed by atoms with Gasteiger partial charge in [0.1, 0.15) is 6.54 Å². The van der Waals surface area contributed by atoms with Crippen molar-refractivity contribution in [2.45, 2.75) is 19.5 Å². The molecule has 1 aromatic heterocycles. The third kappa shape index (κ3) is 2.67. The Labute approximate surface area is 121 Å². The molecule has 2 aromatic rings. The van der Waals surface area contributed by atoms with Gasteiger partial charge in [0, 0.05) is 11.9 Å². The van der Waals surface area contributed by atoms with Gasteiger partial charge in [0.15, 0.2) is 0 Å². The van der Waals surface area contributed by atoms with Crippen LogP contribution in [-0.4, -0.2) is 46.4 Å². The molecule has 1 atom stereocenters. The predicted octanol–water partition coefficient (Wildman–Crippen LogP) is 0.644. The van der Waals surface area contributed by atoms with E-state index in [9.17, 15) is 9.59 Å². The zero-order valence-electron chi connectivity index (χ0n) is 11.9. The molecule has 6 nitrogen and oxygen atoms in total. The summed E-state index contributed by atoms with van der Waals surface area (Å²) >= 11 is 0. The highest BCUT2D eigenvalue weighted by atomic mass is 16.5. The molecule has 1 amide bonds. The molecule has 0 bridgehead atoms. The summed E-state index contributed by atoms with van der Waals surface area (Å²) in [4.78, 5) is 26.4. The fourth-order valence-electron chi connectivity index (χ4n) is 2.56. The average Bonchev–Trinajstić information content (AvgIpc) is 2.51. The van der Waals surface area contributed by atoms with E-state index in [1.54, 1.807) is 23.2 Å². The van der Waals surface area contributed by atoms with E-state index in [-0.39, 0.29) is 24.1 Å². The number of benzene rings is 1. The number of aromatic nitrogens is 2. The summed E-state index contributed by atoms with van der Waals surface area (Å²) in [5.41, 5.74) is -0.234. The van der Waals surface area contributed by atoms with Gasteiger partial charge in [-0.1, -0.05) is 18.2 Å². The first-order valence-corrected chi connectivity index (χ1v) is 6.99. The number of amides is 1. The van der Waals surface area contributed by atoms with Crippen molar-refractivity contribution in [3.05, 3.63) is 40.8 Å². The van der Waals surface area contributed by atoms with Gasteiger partial charge in [0.2, 0.25) is 5.91 Å². The minimum atomic E-state index is -0.234. The van der Waals surface area contributed by atoms with Crippen molar-refractivity contribution in [3.63, 3.8) is 0 Å². The Balaban J connectivity index is 1.86. The second-order valence-electron chi connectivity index (χ2n) is 5.21. The van der Waals surface area contributed by atoms with E-state index in [0.717, 1.165) is 5.39 Å². The normalized spacial score (nSPS) is 18.9. The first-order valence-electron chi connectivity index (χ1n) is 6.99. The van der Waals surface area contributed by atoms with Gasteiger partial charge in [0.05, 0.1) is 30.8 Å². The summed E-state index contributed by atoms with van der Waals surface area (Å²) in [6.07, 6.45) is 1.62. The first kappa shape index (κ1) is 13.8. The molecule has 0 saturated carbocycles. The van der Waals surface area contributed by atoms with E-state index < -0.39 is 0 Å². The van der Waals surface area contributed by atoms with Gasteiger partial charge in [-0.3, -0.25) is 9.59 Å². The maximum atomic E-state index is 12.3. The Hall–Kier alpha value is -2.21. The Morgan fingerprint density at radius 2 is 2.24 bits per heavy atom. The van der Waals surface area contributed by atoms with E-state index >= 15 is 0 Å². The molecule has 0 spiro atoms. The Morgan fingerprint density at radius 3 is 3.05 bits per heavy atom. The fourth-order valence-corrected chi connectivity index (χ4v) is 2.56. The Bertz CT molecular complexity index is 725. The van der Waals surface area contributed by atoms with Gasteiger partial charge in [-0.05, 0) is 13.0 Å². The molecule has 1 saturated heterocycles. The summed E-state index contributed by atoms with van der Waals surface area (Å²) in [6.45, 7) is 3.53. The lowest BCUT2D eigenvalue weighted by Gasteiger charge is -2.33. The Kier molecular flexibility index (Phi) is 3.70. The van der Waals surface area contributed by atoms with Gasteiger partial charge in [-0.25, -0.2) is 4.68 Å². The van der Waals surface area contributed by atoms with E-state index in [1.807, 2.05) is 19.1 Å². The van der Waals surface area contributed by atoms with Gasteiger partial charge in [-0.15, -0.1) is 0 Å². The van der Waals surface area contributed by atoms with Crippen LogP contribution in [0.1, 0.15) is 6.92 Å². The number of carbonyl (C=O) groups excluding carboxylic acids is 1. The molecule has 1 aromatic carbocycles. The summed E-state index contributed by atoms with van der Waals surface area (Å²) in [5, 5.41) is 5.45. The molecule has 3 rings (SSSR count). The Morgan fingerprint density at radius 1 is 1.43 bits per heavy atom. The average molecular weight is 287 g/mol. The van der Waals surface area contributed by atoms with Gasteiger partial charge in [0.25, 0.3) is 5.56 Å². The zero-order valence-corrected chi connectivity index (χ0v) is 11.9. The smallest absolute Gasteiger partial charge is 0.275 e. The van der Waals surface area contributed by atoms with Crippen LogP contribution in [0.15, 0.2) is 35.3 Å². The third-order valence-electron chi connectivity index (χ3n) is 3.73. The molecule has 6 heteroatoms. The largest absolute Gasteiger partial charge is 0.377 e. The van der Waals surface area contributed by atoms with Gasteiger partial charge < -0.3 is 9.64 Å². The number of ether oxygens (including phenoxy) is 1. The van der Waals surface area contributed by atoms with Crippen LogP contribution in [0.5, 0.6) is 0 Å². The van der Waals surface area contributed by atoms with Gasteiger partial charge >= 0.3 is 0 Å². The molecular formula is C15H17N3O3. The number of nitrogens with zero attached hydrogens (tertiary/aromatic N) is 3. The molecule has 1 fully saturated rings. The van der Waals surface area contributed by atoms with Crippen LogP contribution in [0.2, 0.25) is 0 Å². The summed E-state index contributed by atoms with van der Waals surface area (Å²) in [7, 11) is 0. The molecule has 0 radical (unpaired) electrons. The minimum absolute atomic E-state index is 0.0300. The maximum Gasteiger partial charge on any atom is 0.275 e. The maximum absolute atomic E-state index is 12.3. The molecular weight excluding hydrogens is 270 g/mol. The molecule has 21 heavy (non-hydrogen) atoms. The lowest BCUT2D eigenvalue weighted by molar-refractivity contribution is -0.140. The van der Waals surface area contributed by atoms with Crippen LogP contribution in [0.3, 0.4) is 0 Å². The second kappa shape index (κ2) is 5.65. The van der Waals surface area contributed by atoms with Crippen LogP contribution >= 0.6 is 0 Å². The fraction of sp³-hybridized carbons (Fsp3) is 0.400. The first-order chi connectivity index (χ1) is 10.2. The molecule has 0 N–H and O–H groups in total. The number of rotatable bonds is 2. The molecule has 2 heterocycles. The third-order valence-corrected chi connectivity index (χ3v) is 3.73. The van der Waals surface area contributed by atoms with Crippen molar-refractivity contribution in [1.29, 1.82) is 0 Å². The summed E-state index contributed by atoms with van der Waals surface area (Å²) in [5.74, 6) is -0.101. The van der Waals surface area contributed by atoms with Crippen molar-refractivity contribution < 1.29 is 9.53 Å². The molecule has 0 aliphatic carbocycles. The highest BCUT2D eigenvalue weighted by molar-refractivity contribution is 5.81. The highest BCUT2D eigenvalue weighted by Gasteiger charge is 2.24. The van der Waals surface area contributed by atoms with E-state index in [2.05, 4.69) is 5.10 Å². The van der Waals surface area contributed by atoms with Crippen LogP contribution in [0.25, 0.3) is 10.8 Å². The highest BCUT2D eigenvalue weighted by Crippen LogP contribution is 2.09. The van der Waals surface area contributed by atoms with E-state index in [1.165, 1.54) is 4.68 Å². The SMILES string of the molecule is C[C@@H]1COCCN1C(=O)Cn1ncc2ccccc2c1=O. The van der Waals surface area contributed by atoms with Crippen molar-refractivity contribution in [2.75, 3.05) is 19.8 Å². The van der Waals surface area contributed by atoms with Crippen molar-refractivity contribution in [2.24, 2.45) is 0 Å². The predicted molar refractivity (Wildman–Crippen MR) is 78.0 cm³/mol. The topological polar surface area (TPSA) is 64.4 Å². The molecule has 1 aliphatic heterocycles. The monoisotopic (exact) mass is 287 g/mol. The quantitative estimate of drug-likeness (QED) is 0.813. The lowest BCUT2D eigenvalue weighted by Crippen LogP contribution is -2.49. The molecule has 1 aliphatic rings. The van der Waals surface area contributed by atoms with Crippen LogP contribution in [0, 0.1) is 0 Å². The van der Waals surface area contributed by atoms with E-state index in [4.69, 9.17) is 4.74 Å². The lowest BCUT2D eigenvalue weighted by atomic mass is 10.2. The number of carbonyl (C=O) groups is 1. The number of morpholine rings is 1. The van der Waals surface area contributed by atoms with Crippen LogP contribution in [0.4, 0.5) is 0 Å². The summed E-state index contributed by atoms with van der Waals surface area (Å²) < 4.78 is 6.54. The van der Waals surface area contributed by atoms with E-state index in [0.29, 0.717) is 25.1 Å². The van der Waals surface area contributed by atoms with Gasteiger partial charge in [-0.2, -0.15) is 5.10 Å². The molecule has 110 valence electrons. The number of fused-ring (bicyclic) bond motifs is 1. The summed E-state index contributed by atoms with van der Waals surface area (Å²) in [6, 6.07) is 7.27. The number of hydrogen-bond acceptors (Lipinski definition) is 4. The van der Waals surface area contributed by atoms with Crippen molar-refractivity contribution in [3.8, 4) is 0 Å². The number of hydrogen-bond donors (Lipinski definition) is 0. The van der Waals surface area contributed by atoms with Crippen molar-refractivity contribution in [1.82, 2.24) is 14.7 Å². The zero-order chi connectivity index (χ0) is 14.8. The second-order valence-corrected chi connectivity index (χ2v) is 5.21. The van der Waals surface area contributed by atoms with Crippen LogP contribution in [-0.2, 0) is 16.1 Å². The van der Waals surface area contributed by atoms with Crippen LogP contribution < -0.4 is 5.56 Å².